The van der Waals surface area contributed by atoms with Gasteiger partial charge in [0.1, 0.15) is 12.4 Å². The van der Waals surface area contributed by atoms with E-state index in [1.807, 2.05) is 26.0 Å². The molecule has 1 saturated heterocycles. The lowest BCUT2D eigenvalue weighted by Crippen LogP contribution is -2.34. The fourth-order valence-electron chi connectivity index (χ4n) is 1.86. The number of terminal acetylenes is 1. The Morgan fingerprint density at radius 1 is 1.33 bits per heavy atom. The van der Waals surface area contributed by atoms with Crippen molar-refractivity contribution in [1.29, 1.82) is 0 Å². The zero-order valence-corrected chi connectivity index (χ0v) is 12.6. The number of imide groups is 1. The molecule has 0 saturated carbocycles. The van der Waals surface area contributed by atoms with Crippen molar-refractivity contribution in [3.05, 3.63) is 34.7 Å². The van der Waals surface area contributed by atoms with Crippen LogP contribution in [0.25, 0.3) is 6.08 Å². The third kappa shape index (κ3) is 3.47. The van der Waals surface area contributed by atoms with Crippen molar-refractivity contribution in [3.63, 3.8) is 0 Å². The predicted molar refractivity (Wildman–Crippen MR) is 83.7 cm³/mol. The lowest BCUT2D eigenvalue weighted by Gasteiger charge is -2.16. The van der Waals surface area contributed by atoms with E-state index in [9.17, 15) is 9.59 Å². The molecule has 0 aliphatic carbocycles. The molecular formula is C16H15NO3S. The molecule has 1 aliphatic rings. The molecule has 0 bridgehead atoms. The van der Waals surface area contributed by atoms with Gasteiger partial charge in [0.15, 0.2) is 0 Å². The first-order valence-electron chi connectivity index (χ1n) is 6.46. The number of thioether (sulfide) groups is 1. The Kier molecular flexibility index (Phi) is 4.71. The van der Waals surface area contributed by atoms with Gasteiger partial charge in [0.2, 0.25) is 0 Å². The number of carbonyl (C=O) groups excluding carboxylic acids is 2. The van der Waals surface area contributed by atoms with Gasteiger partial charge in [-0.05, 0) is 49.4 Å². The van der Waals surface area contributed by atoms with Crippen molar-refractivity contribution in [2.45, 2.75) is 19.9 Å². The van der Waals surface area contributed by atoms with Gasteiger partial charge >= 0.3 is 0 Å². The molecule has 0 atom stereocenters. The standard InChI is InChI=1S/C16H15NO3S/c1-4-9-20-13-7-5-12(6-8-13)10-14-15(18)17(11(2)3)16(19)21-14/h1,5-8,10-11H,9H2,2-3H3/b14-10+. The summed E-state index contributed by atoms with van der Waals surface area (Å²) in [6, 6.07) is 7.04. The maximum absolute atomic E-state index is 12.1. The minimum Gasteiger partial charge on any atom is -0.481 e. The molecule has 0 N–H and O–H groups in total. The lowest BCUT2D eigenvalue weighted by atomic mass is 10.2. The third-order valence-electron chi connectivity index (χ3n) is 2.84. The molecule has 1 aliphatic heterocycles. The van der Waals surface area contributed by atoms with Crippen molar-refractivity contribution >= 4 is 29.0 Å². The monoisotopic (exact) mass is 301 g/mol. The molecule has 108 valence electrons. The molecule has 5 heteroatoms. The van der Waals surface area contributed by atoms with Gasteiger partial charge < -0.3 is 4.74 Å². The van der Waals surface area contributed by atoms with Gasteiger partial charge in [-0.3, -0.25) is 14.5 Å². The molecule has 1 aromatic rings. The lowest BCUT2D eigenvalue weighted by molar-refractivity contribution is -0.123. The van der Waals surface area contributed by atoms with Crippen LogP contribution in [0.15, 0.2) is 29.2 Å². The molecule has 0 radical (unpaired) electrons. The summed E-state index contributed by atoms with van der Waals surface area (Å²) in [6.07, 6.45) is 6.83. The second-order valence-electron chi connectivity index (χ2n) is 4.71. The predicted octanol–water partition coefficient (Wildman–Crippen LogP) is 3.14. The van der Waals surface area contributed by atoms with Crippen LogP contribution in [-0.4, -0.2) is 28.7 Å². The van der Waals surface area contributed by atoms with Gasteiger partial charge in [0, 0.05) is 6.04 Å². The molecular weight excluding hydrogens is 286 g/mol. The zero-order valence-electron chi connectivity index (χ0n) is 11.8. The Balaban J connectivity index is 2.15. The highest BCUT2D eigenvalue weighted by Crippen LogP contribution is 2.33. The van der Waals surface area contributed by atoms with Crippen LogP contribution in [0, 0.1) is 12.3 Å². The zero-order chi connectivity index (χ0) is 15.4. The number of carbonyl (C=O) groups is 2. The molecule has 2 amide bonds. The number of ether oxygens (including phenoxy) is 1. The summed E-state index contributed by atoms with van der Waals surface area (Å²) in [6.45, 7) is 3.85. The van der Waals surface area contributed by atoms with Gasteiger partial charge in [-0.1, -0.05) is 18.1 Å². The number of hydrogen-bond acceptors (Lipinski definition) is 4. The summed E-state index contributed by atoms with van der Waals surface area (Å²) in [5.41, 5.74) is 0.831. The molecule has 1 fully saturated rings. The first-order chi connectivity index (χ1) is 10.0. The molecule has 0 aromatic heterocycles. The van der Waals surface area contributed by atoms with Crippen LogP contribution in [0.5, 0.6) is 5.75 Å². The Morgan fingerprint density at radius 2 is 2.00 bits per heavy atom. The molecule has 1 heterocycles. The molecule has 2 rings (SSSR count). The summed E-state index contributed by atoms with van der Waals surface area (Å²) in [4.78, 5) is 25.6. The van der Waals surface area contributed by atoms with Gasteiger partial charge in [0.05, 0.1) is 4.91 Å². The van der Waals surface area contributed by atoms with E-state index in [-0.39, 0.29) is 23.8 Å². The van der Waals surface area contributed by atoms with E-state index in [0.717, 1.165) is 17.3 Å². The summed E-state index contributed by atoms with van der Waals surface area (Å²) in [5.74, 6) is 2.81. The van der Waals surface area contributed by atoms with E-state index >= 15 is 0 Å². The number of hydrogen-bond donors (Lipinski definition) is 0. The molecule has 21 heavy (non-hydrogen) atoms. The van der Waals surface area contributed by atoms with E-state index in [1.54, 1.807) is 18.2 Å². The molecule has 4 nitrogen and oxygen atoms in total. The van der Waals surface area contributed by atoms with Gasteiger partial charge in [-0.2, -0.15) is 0 Å². The topological polar surface area (TPSA) is 46.6 Å². The Morgan fingerprint density at radius 3 is 2.52 bits per heavy atom. The largest absolute Gasteiger partial charge is 0.481 e. The fraction of sp³-hybridized carbons (Fsp3) is 0.250. The van der Waals surface area contributed by atoms with Gasteiger partial charge in [-0.15, -0.1) is 6.42 Å². The van der Waals surface area contributed by atoms with Crippen LogP contribution in [0.4, 0.5) is 4.79 Å². The van der Waals surface area contributed by atoms with Crippen molar-refractivity contribution in [1.82, 2.24) is 4.90 Å². The summed E-state index contributed by atoms with van der Waals surface area (Å²) < 4.78 is 5.28. The maximum atomic E-state index is 12.1. The van der Waals surface area contributed by atoms with Crippen LogP contribution in [0.1, 0.15) is 19.4 Å². The van der Waals surface area contributed by atoms with Crippen LogP contribution in [0.2, 0.25) is 0 Å². The Hall–Kier alpha value is -2.19. The third-order valence-corrected chi connectivity index (χ3v) is 3.72. The SMILES string of the molecule is C#CCOc1ccc(/C=C2/SC(=O)N(C(C)C)C2=O)cc1. The Bertz CT molecular complexity index is 626. The van der Waals surface area contributed by atoms with Crippen LogP contribution in [-0.2, 0) is 4.79 Å². The van der Waals surface area contributed by atoms with Crippen LogP contribution < -0.4 is 4.74 Å². The average Bonchev–Trinajstić information content (AvgIpc) is 2.72. The molecule has 0 spiro atoms. The van der Waals surface area contributed by atoms with Crippen molar-refractivity contribution in [3.8, 4) is 18.1 Å². The van der Waals surface area contributed by atoms with Crippen molar-refractivity contribution < 1.29 is 14.3 Å². The molecule has 0 unspecified atom stereocenters. The quantitative estimate of drug-likeness (QED) is 0.633. The van der Waals surface area contributed by atoms with Crippen molar-refractivity contribution in [2.75, 3.05) is 6.61 Å². The minimum absolute atomic E-state index is 0.136. The second-order valence-corrected chi connectivity index (χ2v) is 5.70. The van der Waals surface area contributed by atoms with E-state index in [4.69, 9.17) is 11.2 Å². The highest BCUT2D eigenvalue weighted by atomic mass is 32.2. The number of amides is 2. The summed E-state index contributed by atoms with van der Waals surface area (Å²) >= 11 is 0.964. The summed E-state index contributed by atoms with van der Waals surface area (Å²) in [7, 11) is 0. The maximum Gasteiger partial charge on any atom is 0.293 e. The van der Waals surface area contributed by atoms with E-state index in [2.05, 4.69) is 5.92 Å². The van der Waals surface area contributed by atoms with E-state index in [0.29, 0.717) is 10.7 Å². The highest BCUT2D eigenvalue weighted by Gasteiger charge is 2.36. The molecule has 1 aromatic carbocycles. The average molecular weight is 301 g/mol. The van der Waals surface area contributed by atoms with E-state index < -0.39 is 0 Å². The number of benzene rings is 1. The smallest absolute Gasteiger partial charge is 0.293 e. The highest BCUT2D eigenvalue weighted by molar-refractivity contribution is 8.18. The van der Waals surface area contributed by atoms with Gasteiger partial charge in [-0.25, -0.2) is 0 Å². The fourth-order valence-corrected chi connectivity index (χ4v) is 2.82. The first kappa shape index (κ1) is 15.2. The summed E-state index contributed by atoms with van der Waals surface area (Å²) in [5, 5.41) is -0.227. The number of nitrogens with zero attached hydrogens (tertiary/aromatic N) is 1. The number of rotatable bonds is 4. The first-order valence-corrected chi connectivity index (χ1v) is 7.28. The van der Waals surface area contributed by atoms with E-state index in [1.165, 1.54) is 4.90 Å². The second kappa shape index (κ2) is 6.51. The normalized spacial score (nSPS) is 16.7. The van der Waals surface area contributed by atoms with Crippen LogP contribution in [0.3, 0.4) is 0 Å². The van der Waals surface area contributed by atoms with Crippen LogP contribution >= 0.6 is 11.8 Å². The Labute approximate surface area is 128 Å². The minimum atomic E-state index is -0.243. The van der Waals surface area contributed by atoms with Gasteiger partial charge in [0.25, 0.3) is 11.1 Å². The van der Waals surface area contributed by atoms with Crippen molar-refractivity contribution in [2.24, 2.45) is 0 Å².